The molecule has 0 saturated carbocycles. The highest BCUT2D eigenvalue weighted by Crippen LogP contribution is 2.22. The van der Waals surface area contributed by atoms with E-state index in [-0.39, 0.29) is 11.8 Å². The van der Waals surface area contributed by atoms with Crippen LogP contribution >= 0.6 is 11.6 Å². The largest absolute Gasteiger partial charge is 0.441 e. The van der Waals surface area contributed by atoms with Gasteiger partial charge in [0.25, 0.3) is 0 Å². The highest BCUT2D eigenvalue weighted by atomic mass is 35.5. The van der Waals surface area contributed by atoms with Crippen LogP contribution in [0.4, 0.5) is 5.69 Å². The smallest absolute Gasteiger partial charge is 0.241 e. The van der Waals surface area contributed by atoms with Gasteiger partial charge in [0.1, 0.15) is 11.4 Å². The Kier molecular flexibility index (Phi) is 2.83. The third kappa shape index (κ3) is 1.88. The molecule has 84 valence electrons. The summed E-state index contributed by atoms with van der Waals surface area (Å²) in [7, 11) is 1.68. The number of aromatic nitrogens is 1. The lowest BCUT2D eigenvalue weighted by Gasteiger charge is -2.15. The number of oxazole rings is 1. The molecule has 0 aliphatic heterocycles. The van der Waals surface area contributed by atoms with Crippen molar-refractivity contribution in [3.05, 3.63) is 24.1 Å². The minimum atomic E-state index is -0.155. The van der Waals surface area contributed by atoms with E-state index in [4.69, 9.17) is 16.0 Å². The molecule has 16 heavy (non-hydrogen) atoms. The molecule has 0 aliphatic rings. The lowest BCUT2D eigenvalue weighted by Crippen LogP contribution is -2.27. The minimum absolute atomic E-state index is 0.0377. The summed E-state index contributed by atoms with van der Waals surface area (Å²) in [5.74, 6) is 0.417. The number of rotatable bonds is 2. The van der Waals surface area contributed by atoms with Crippen LogP contribution in [0.5, 0.6) is 0 Å². The fourth-order valence-corrected chi connectivity index (χ4v) is 1.65. The van der Waals surface area contributed by atoms with Crippen LogP contribution in [-0.4, -0.2) is 23.8 Å². The molecular weight excluding hydrogens is 228 g/mol. The number of alkyl halides is 1. The molecule has 0 bridgehead atoms. The molecule has 2 aromatic rings. The first-order valence-electron chi connectivity index (χ1n) is 4.81. The first-order chi connectivity index (χ1) is 7.61. The summed E-state index contributed by atoms with van der Waals surface area (Å²) in [6, 6.07) is 5.41. The van der Waals surface area contributed by atoms with Gasteiger partial charge >= 0.3 is 0 Å². The van der Waals surface area contributed by atoms with E-state index >= 15 is 0 Å². The number of benzene rings is 1. The van der Waals surface area contributed by atoms with Crippen LogP contribution in [0.2, 0.25) is 0 Å². The van der Waals surface area contributed by atoms with Crippen LogP contribution < -0.4 is 4.90 Å². The Morgan fingerprint density at radius 1 is 1.56 bits per heavy atom. The summed E-state index contributed by atoms with van der Waals surface area (Å²) in [6.07, 6.45) is 0. The zero-order valence-corrected chi connectivity index (χ0v) is 9.78. The van der Waals surface area contributed by atoms with Gasteiger partial charge in [0.05, 0.1) is 0 Å². The number of carbonyl (C=O) groups is 1. The predicted molar refractivity (Wildman–Crippen MR) is 62.9 cm³/mol. The summed E-state index contributed by atoms with van der Waals surface area (Å²) in [4.78, 5) is 17.1. The molecule has 1 heterocycles. The molecule has 1 amide bonds. The summed E-state index contributed by atoms with van der Waals surface area (Å²) in [6.45, 7) is 1.79. The first-order valence-corrected chi connectivity index (χ1v) is 5.35. The van der Waals surface area contributed by atoms with Gasteiger partial charge < -0.3 is 9.32 Å². The normalized spacial score (nSPS) is 10.7. The second-order valence-electron chi connectivity index (χ2n) is 3.47. The average molecular weight is 239 g/mol. The Morgan fingerprint density at radius 3 is 3.00 bits per heavy atom. The Morgan fingerprint density at radius 2 is 2.31 bits per heavy atom. The predicted octanol–water partition coefficient (Wildman–Crippen LogP) is 2.34. The van der Waals surface area contributed by atoms with Crippen LogP contribution in [0, 0.1) is 6.92 Å². The summed E-state index contributed by atoms with van der Waals surface area (Å²) >= 11 is 5.49. The minimum Gasteiger partial charge on any atom is -0.441 e. The van der Waals surface area contributed by atoms with E-state index in [1.165, 1.54) is 4.90 Å². The maximum Gasteiger partial charge on any atom is 0.241 e. The van der Waals surface area contributed by atoms with Gasteiger partial charge in [-0.25, -0.2) is 4.98 Å². The monoisotopic (exact) mass is 238 g/mol. The second-order valence-corrected chi connectivity index (χ2v) is 3.74. The lowest BCUT2D eigenvalue weighted by molar-refractivity contribution is -0.116. The molecule has 0 atom stereocenters. The van der Waals surface area contributed by atoms with Crippen LogP contribution in [0.3, 0.4) is 0 Å². The van der Waals surface area contributed by atoms with Crippen molar-refractivity contribution in [3.8, 4) is 0 Å². The second kappa shape index (κ2) is 4.14. The van der Waals surface area contributed by atoms with Gasteiger partial charge in [-0.3, -0.25) is 4.79 Å². The highest BCUT2D eigenvalue weighted by Gasteiger charge is 2.11. The van der Waals surface area contributed by atoms with E-state index in [0.29, 0.717) is 11.5 Å². The molecule has 5 heteroatoms. The van der Waals surface area contributed by atoms with Gasteiger partial charge in [0.15, 0.2) is 11.5 Å². The number of amides is 1. The molecule has 2 rings (SSSR count). The number of nitrogens with zero attached hydrogens (tertiary/aromatic N) is 2. The average Bonchev–Trinajstić information content (AvgIpc) is 2.65. The third-order valence-corrected chi connectivity index (χ3v) is 2.58. The molecule has 0 N–H and O–H groups in total. The third-order valence-electron chi connectivity index (χ3n) is 2.35. The number of hydrogen-bond donors (Lipinski definition) is 0. The van der Waals surface area contributed by atoms with Crippen LogP contribution in [0.1, 0.15) is 5.89 Å². The Hall–Kier alpha value is -1.55. The van der Waals surface area contributed by atoms with Crippen LogP contribution in [0.25, 0.3) is 11.1 Å². The maximum absolute atomic E-state index is 11.4. The molecule has 1 aromatic carbocycles. The van der Waals surface area contributed by atoms with Crippen molar-refractivity contribution >= 4 is 34.3 Å². The van der Waals surface area contributed by atoms with E-state index in [0.717, 1.165) is 11.2 Å². The van der Waals surface area contributed by atoms with Gasteiger partial charge in [-0.1, -0.05) is 0 Å². The maximum atomic E-state index is 11.4. The first kappa shape index (κ1) is 11.0. The van der Waals surface area contributed by atoms with Crippen molar-refractivity contribution < 1.29 is 9.21 Å². The molecular formula is C11H11ClN2O2. The van der Waals surface area contributed by atoms with Gasteiger partial charge in [0.2, 0.25) is 5.91 Å². The van der Waals surface area contributed by atoms with Gasteiger partial charge in [0, 0.05) is 25.7 Å². The van der Waals surface area contributed by atoms with Crippen molar-refractivity contribution in [1.29, 1.82) is 0 Å². The Balaban J connectivity index is 2.42. The number of carbonyl (C=O) groups excluding carboxylic acids is 1. The number of aryl methyl sites for hydroxylation is 1. The Labute approximate surface area is 97.8 Å². The van der Waals surface area contributed by atoms with E-state index < -0.39 is 0 Å². The summed E-state index contributed by atoms with van der Waals surface area (Å²) in [5.41, 5.74) is 2.20. The number of anilines is 1. The lowest BCUT2D eigenvalue weighted by atomic mass is 10.2. The Bertz CT molecular complexity index is 536. The summed E-state index contributed by atoms with van der Waals surface area (Å²) in [5, 5.41) is 0. The van der Waals surface area contributed by atoms with Crippen LogP contribution in [0.15, 0.2) is 22.6 Å². The zero-order chi connectivity index (χ0) is 11.7. The molecule has 0 aliphatic carbocycles. The SMILES string of the molecule is Cc1nc2ccc(N(C)C(=O)CCl)cc2o1. The molecule has 0 radical (unpaired) electrons. The summed E-state index contributed by atoms with van der Waals surface area (Å²) < 4.78 is 5.39. The van der Waals surface area contributed by atoms with Gasteiger partial charge in [-0.15, -0.1) is 11.6 Å². The quantitative estimate of drug-likeness (QED) is 0.755. The van der Waals surface area contributed by atoms with E-state index in [1.807, 2.05) is 12.1 Å². The highest BCUT2D eigenvalue weighted by molar-refractivity contribution is 6.29. The van der Waals surface area contributed by atoms with Crippen molar-refractivity contribution in [2.24, 2.45) is 0 Å². The molecule has 0 saturated heterocycles. The van der Waals surface area contributed by atoms with Gasteiger partial charge in [-0.2, -0.15) is 0 Å². The van der Waals surface area contributed by atoms with Crippen molar-refractivity contribution in [3.63, 3.8) is 0 Å². The molecule has 0 unspecified atom stereocenters. The van der Waals surface area contributed by atoms with E-state index in [1.54, 1.807) is 20.0 Å². The number of hydrogen-bond acceptors (Lipinski definition) is 3. The van der Waals surface area contributed by atoms with Gasteiger partial charge in [-0.05, 0) is 12.1 Å². The van der Waals surface area contributed by atoms with Crippen LogP contribution in [-0.2, 0) is 4.79 Å². The fourth-order valence-electron chi connectivity index (χ4n) is 1.47. The van der Waals surface area contributed by atoms with Crippen molar-refractivity contribution in [2.75, 3.05) is 17.8 Å². The van der Waals surface area contributed by atoms with Crippen molar-refractivity contribution in [2.45, 2.75) is 6.92 Å². The number of halogens is 1. The van der Waals surface area contributed by atoms with Crippen molar-refractivity contribution in [1.82, 2.24) is 4.98 Å². The van der Waals surface area contributed by atoms with E-state index in [9.17, 15) is 4.79 Å². The topological polar surface area (TPSA) is 46.3 Å². The fraction of sp³-hybridized carbons (Fsp3) is 0.273. The van der Waals surface area contributed by atoms with E-state index in [2.05, 4.69) is 4.98 Å². The molecule has 1 aromatic heterocycles. The molecule has 0 spiro atoms. The standard InChI is InChI=1S/C11H11ClN2O2/c1-7-13-9-4-3-8(5-10(9)16-7)14(2)11(15)6-12/h3-5H,6H2,1-2H3. The molecule has 4 nitrogen and oxygen atoms in total. The molecule has 0 fully saturated rings. The number of fused-ring (bicyclic) bond motifs is 1. The zero-order valence-electron chi connectivity index (χ0n) is 9.03.